The van der Waals surface area contributed by atoms with E-state index in [0.717, 1.165) is 50.9 Å². The van der Waals surface area contributed by atoms with Crippen molar-refractivity contribution in [3.05, 3.63) is 86.9 Å². The van der Waals surface area contributed by atoms with Crippen molar-refractivity contribution in [2.45, 2.75) is 49.2 Å². The number of carbonyl (C=O) groups excluding carboxylic acids is 1. The molecule has 3 aliphatic rings. The second kappa shape index (κ2) is 13.6. The van der Waals surface area contributed by atoms with E-state index in [9.17, 15) is 9.90 Å². The summed E-state index contributed by atoms with van der Waals surface area (Å²) in [6.07, 6.45) is 3.85. The molecule has 246 valence electrons. The van der Waals surface area contributed by atoms with Gasteiger partial charge in [0, 0.05) is 17.5 Å². The lowest BCUT2D eigenvalue weighted by Crippen LogP contribution is -2.52. The van der Waals surface area contributed by atoms with E-state index in [1.54, 1.807) is 18.2 Å². The summed E-state index contributed by atoms with van der Waals surface area (Å²) in [5.74, 6) is 1.13. The van der Waals surface area contributed by atoms with Crippen molar-refractivity contribution in [3.63, 3.8) is 0 Å². The molecule has 0 bridgehead atoms. The fourth-order valence-electron chi connectivity index (χ4n) is 7.73. The number of carbonyl (C=O) groups is 1. The zero-order valence-electron chi connectivity index (χ0n) is 26.7. The number of rotatable bonds is 9. The largest absolute Gasteiger partial charge is 0.493 e. The van der Waals surface area contributed by atoms with Crippen LogP contribution in [0.5, 0.6) is 17.2 Å². The summed E-state index contributed by atoms with van der Waals surface area (Å²) >= 11 is 12.8. The zero-order valence-corrected chi connectivity index (χ0v) is 28.2. The number of nitrogens with zero attached hydrogens (tertiary/aromatic N) is 2. The third-order valence-corrected chi connectivity index (χ3v) is 11.0. The van der Waals surface area contributed by atoms with Gasteiger partial charge in [0.15, 0.2) is 11.5 Å². The maximum absolute atomic E-state index is 14.0. The number of methoxy groups -OCH3 is 3. The smallest absolute Gasteiger partial charge is 0.254 e. The Balaban J connectivity index is 1.18. The Morgan fingerprint density at radius 1 is 0.957 bits per heavy atom. The normalized spacial score (nSPS) is 22.5. The van der Waals surface area contributed by atoms with E-state index in [-0.39, 0.29) is 17.4 Å². The Kier molecular flexibility index (Phi) is 9.74. The van der Waals surface area contributed by atoms with Gasteiger partial charge in [0.05, 0.1) is 50.6 Å². The van der Waals surface area contributed by atoms with Gasteiger partial charge in [-0.25, -0.2) is 0 Å². The topological polar surface area (TPSA) is 80.7 Å². The summed E-state index contributed by atoms with van der Waals surface area (Å²) in [5.41, 5.74) is 3.04. The fraction of sp³-hybridized carbons (Fsp3) is 0.472. The Morgan fingerprint density at radius 2 is 1.67 bits per heavy atom. The van der Waals surface area contributed by atoms with Crippen molar-refractivity contribution in [2.75, 3.05) is 60.7 Å². The number of morpholine rings is 1. The zero-order chi connectivity index (χ0) is 32.5. The number of halogens is 2. The first-order valence-corrected chi connectivity index (χ1v) is 16.7. The third-order valence-electron chi connectivity index (χ3n) is 10.2. The van der Waals surface area contributed by atoms with Crippen LogP contribution in [0.25, 0.3) is 0 Å². The molecule has 1 N–H and O–H groups in total. The Morgan fingerprint density at radius 3 is 2.35 bits per heavy atom. The van der Waals surface area contributed by atoms with Crippen LogP contribution in [0.15, 0.2) is 54.6 Å². The standard InChI is InChI=1S/C36H42Cl2N2O6/c1-43-30-19-25(20-31(44-2)33(30)45-3)34(42)40-17-18-46-36(23-40,26-9-10-28(37)29(38)22-26)11-6-14-39-15-12-35(13-16-39)27-8-5-4-7-24(27)21-32(35)41/h4-5,7-10,19-20,22,32,41H,6,11-18,21,23H2,1-3H3/t32?,36-/m1/s1. The molecular formula is C36H42Cl2N2O6. The quantitative estimate of drug-likeness (QED) is 0.294. The molecule has 46 heavy (non-hydrogen) atoms. The van der Waals surface area contributed by atoms with Crippen molar-refractivity contribution in [2.24, 2.45) is 0 Å². The minimum Gasteiger partial charge on any atom is -0.493 e. The molecule has 2 fully saturated rings. The van der Waals surface area contributed by atoms with E-state index in [2.05, 4.69) is 29.2 Å². The van der Waals surface area contributed by atoms with Gasteiger partial charge in [0.1, 0.15) is 5.60 Å². The molecule has 8 nitrogen and oxygen atoms in total. The molecule has 2 atom stereocenters. The molecule has 3 aromatic carbocycles. The first kappa shape index (κ1) is 32.9. The summed E-state index contributed by atoms with van der Waals surface area (Å²) < 4.78 is 23.1. The van der Waals surface area contributed by atoms with Crippen molar-refractivity contribution in [1.29, 1.82) is 0 Å². The van der Waals surface area contributed by atoms with E-state index in [0.29, 0.717) is 59.0 Å². The van der Waals surface area contributed by atoms with Crippen molar-refractivity contribution in [3.8, 4) is 17.2 Å². The molecule has 2 saturated heterocycles. The number of benzene rings is 3. The van der Waals surface area contributed by atoms with Crippen LogP contribution in [0.4, 0.5) is 0 Å². The predicted molar refractivity (Wildman–Crippen MR) is 179 cm³/mol. The molecular weight excluding hydrogens is 627 g/mol. The second-order valence-corrected chi connectivity index (χ2v) is 13.4. The average Bonchev–Trinajstić information content (AvgIpc) is 3.35. The van der Waals surface area contributed by atoms with Crippen LogP contribution in [-0.4, -0.2) is 87.6 Å². The van der Waals surface area contributed by atoms with Gasteiger partial charge in [-0.1, -0.05) is 53.5 Å². The van der Waals surface area contributed by atoms with E-state index in [4.69, 9.17) is 42.1 Å². The summed E-state index contributed by atoms with van der Waals surface area (Å²) in [6, 6.07) is 17.5. The monoisotopic (exact) mass is 668 g/mol. The molecule has 1 spiro atoms. The lowest BCUT2D eigenvalue weighted by atomic mass is 9.72. The van der Waals surface area contributed by atoms with Gasteiger partial charge in [0.25, 0.3) is 5.91 Å². The van der Waals surface area contributed by atoms with Gasteiger partial charge in [0.2, 0.25) is 5.75 Å². The average molecular weight is 670 g/mol. The number of hydrogen-bond donors (Lipinski definition) is 1. The SMILES string of the molecule is COc1cc(C(=O)N2CCO[C@@](CCCN3CCC4(CC3)c3ccccc3CC4O)(c3ccc(Cl)c(Cl)c3)C2)cc(OC)c1OC. The van der Waals surface area contributed by atoms with E-state index in [1.807, 2.05) is 17.0 Å². The molecule has 2 aliphatic heterocycles. The predicted octanol–water partition coefficient (Wildman–Crippen LogP) is 6.12. The number of aliphatic hydroxyl groups excluding tert-OH is 1. The molecule has 0 radical (unpaired) electrons. The van der Waals surface area contributed by atoms with Crippen molar-refractivity contribution >= 4 is 29.1 Å². The first-order valence-electron chi connectivity index (χ1n) is 15.9. The van der Waals surface area contributed by atoms with Crippen LogP contribution >= 0.6 is 23.2 Å². The van der Waals surface area contributed by atoms with Crippen LogP contribution in [0.3, 0.4) is 0 Å². The third kappa shape index (κ3) is 6.06. The van der Waals surface area contributed by atoms with E-state index in [1.165, 1.54) is 32.5 Å². The summed E-state index contributed by atoms with van der Waals surface area (Å²) in [7, 11) is 4.60. The number of ether oxygens (including phenoxy) is 4. The lowest BCUT2D eigenvalue weighted by molar-refractivity contribution is -0.111. The Hall–Kier alpha value is -3.01. The molecule has 10 heteroatoms. The van der Waals surface area contributed by atoms with Gasteiger partial charge in [-0.2, -0.15) is 0 Å². The Labute approximate surface area is 281 Å². The first-order chi connectivity index (χ1) is 22.2. The van der Waals surface area contributed by atoms with Gasteiger partial charge in [-0.05, 0) is 92.7 Å². The minimum absolute atomic E-state index is 0.144. The number of piperidine rings is 1. The molecule has 1 unspecified atom stereocenters. The number of aliphatic hydroxyl groups is 1. The highest BCUT2D eigenvalue weighted by molar-refractivity contribution is 6.42. The molecule has 0 saturated carbocycles. The highest BCUT2D eigenvalue weighted by atomic mass is 35.5. The van der Waals surface area contributed by atoms with Crippen molar-refractivity contribution in [1.82, 2.24) is 9.80 Å². The lowest BCUT2D eigenvalue weighted by Gasteiger charge is -2.45. The molecule has 0 aromatic heterocycles. The Bertz CT molecular complexity index is 1550. The minimum atomic E-state index is -0.764. The van der Waals surface area contributed by atoms with Gasteiger partial charge in [-0.15, -0.1) is 0 Å². The number of amides is 1. The molecule has 3 aromatic rings. The van der Waals surface area contributed by atoms with Gasteiger partial charge in [-0.3, -0.25) is 4.79 Å². The van der Waals surface area contributed by atoms with Crippen molar-refractivity contribution < 1.29 is 28.8 Å². The molecule has 1 aliphatic carbocycles. The van der Waals surface area contributed by atoms with Crippen LogP contribution < -0.4 is 14.2 Å². The van der Waals surface area contributed by atoms with Gasteiger partial charge >= 0.3 is 0 Å². The highest BCUT2D eigenvalue weighted by Gasteiger charge is 2.47. The van der Waals surface area contributed by atoms with Crippen LogP contribution in [0, 0.1) is 0 Å². The number of fused-ring (bicyclic) bond motifs is 2. The molecule has 6 rings (SSSR count). The number of likely N-dealkylation sites (tertiary alicyclic amines) is 1. The van der Waals surface area contributed by atoms with E-state index >= 15 is 0 Å². The van der Waals surface area contributed by atoms with E-state index < -0.39 is 5.60 Å². The van der Waals surface area contributed by atoms with Crippen LogP contribution in [0.2, 0.25) is 10.0 Å². The molecule has 2 heterocycles. The maximum atomic E-state index is 14.0. The summed E-state index contributed by atoms with van der Waals surface area (Å²) in [6.45, 7) is 3.92. The van der Waals surface area contributed by atoms with Gasteiger partial charge < -0.3 is 33.9 Å². The maximum Gasteiger partial charge on any atom is 0.254 e. The second-order valence-electron chi connectivity index (χ2n) is 12.6. The highest BCUT2D eigenvalue weighted by Crippen LogP contribution is 2.47. The number of hydrogen-bond acceptors (Lipinski definition) is 7. The summed E-state index contributed by atoms with van der Waals surface area (Å²) in [4.78, 5) is 18.3. The van der Waals surface area contributed by atoms with Crippen LogP contribution in [0.1, 0.15) is 52.7 Å². The fourth-order valence-corrected chi connectivity index (χ4v) is 8.03. The summed E-state index contributed by atoms with van der Waals surface area (Å²) in [5, 5.41) is 12.0. The molecule has 1 amide bonds. The van der Waals surface area contributed by atoms with Crippen LogP contribution in [-0.2, 0) is 22.2 Å².